The lowest BCUT2D eigenvalue weighted by Gasteiger charge is -2.26. The Balaban J connectivity index is 1.86. The molecule has 4 heteroatoms. The number of hydrogen-bond donors (Lipinski definition) is 0. The number of nitrogens with zero attached hydrogens (tertiary/aromatic N) is 1. The van der Waals surface area contributed by atoms with Crippen LogP contribution in [0.2, 0.25) is 0 Å². The molecule has 0 atom stereocenters. The molecule has 1 aromatic rings. The molecular formula is C14H18BrNO2. The van der Waals surface area contributed by atoms with Gasteiger partial charge in [0.2, 0.25) is 5.91 Å². The summed E-state index contributed by atoms with van der Waals surface area (Å²) in [6.45, 7) is 4.88. The van der Waals surface area contributed by atoms with Gasteiger partial charge in [0, 0.05) is 24.0 Å². The van der Waals surface area contributed by atoms with Gasteiger partial charge in [-0.1, -0.05) is 28.1 Å². The number of aryl methyl sites for hydroxylation is 2. The topological polar surface area (TPSA) is 29.5 Å². The summed E-state index contributed by atoms with van der Waals surface area (Å²) in [4.78, 5) is 13.9. The van der Waals surface area contributed by atoms with E-state index in [4.69, 9.17) is 4.74 Å². The Morgan fingerprint density at radius 1 is 1.39 bits per heavy atom. The second-order valence-corrected chi connectivity index (χ2v) is 5.43. The average molecular weight is 312 g/mol. The molecule has 2 rings (SSSR count). The first-order valence-electron chi connectivity index (χ1n) is 6.27. The highest BCUT2D eigenvalue weighted by atomic mass is 79.9. The van der Waals surface area contributed by atoms with Crippen molar-refractivity contribution in [2.24, 2.45) is 0 Å². The van der Waals surface area contributed by atoms with Gasteiger partial charge in [-0.2, -0.15) is 0 Å². The highest BCUT2D eigenvalue weighted by molar-refractivity contribution is 9.10. The van der Waals surface area contributed by atoms with Crippen molar-refractivity contribution < 1.29 is 9.53 Å². The van der Waals surface area contributed by atoms with Crippen LogP contribution in [-0.4, -0.2) is 37.1 Å². The van der Waals surface area contributed by atoms with E-state index in [1.54, 1.807) is 0 Å². The highest BCUT2D eigenvalue weighted by Crippen LogP contribution is 2.18. The number of carbonyl (C=O) groups is 1. The summed E-state index contributed by atoms with van der Waals surface area (Å²) in [6.07, 6.45) is 1.39. The van der Waals surface area contributed by atoms with Crippen molar-refractivity contribution >= 4 is 21.8 Å². The van der Waals surface area contributed by atoms with Crippen LogP contribution in [0.1, 0.15) is 17.5 Å². The van der Waals surface area contributed by atoms with Gasteiger partial charge in [-0.25, -0.2) is 0 Å². The number of benzene rings is 1. The van der Waals surface area contributed by atoms with Crippen LogP contribution in [0.5, 0.6) is 0 Å². The molecule has 1 amide bonds. The van der Waals surface area contributed by atoms with Crippen LogP contribution in [0.4, 0.5) is 0 Å². The first-order chi connectivity index (χ1) is 8.66. The number of amides is 1. The van der Waals surface area contributed by atoms with Crippen molar-refractivity contribution in [2.75, 3.05) is 26.3 Å². The fraction of sp³-hybridized carbons (Fsp3) is 0.500. The summed E-state index contributed by atoms with van der Waals surface area (Å²) >= 11 is 3.48. The molecule has 0 radical (unpaired) electrons. The quantitative estimate of drug-likeness (QED) is 0.858. The minimum absolute atomic E-state index is 0.235. The number of carbonyl (C=O) groups excluding carboxylic acids is 1. The van der Waals surface area contributed by atoms with Crippen molar-refractivity contribution in [1.82, 2.24) is 4.90 Å². The molecule has 1 heterocycles. The number of morpholine rings is 1. The third-order valence-electron chi connectivity index (χ3n) is 3.21. The minimum atomic E-state index is 0.235. The lowest BCUT2D eigenvalue weighted by molar-refractivity contribution is -0.135. The molecule has 1 aliphatic rings. The molecule has 18 heavy (non-hydrogen) atoms. The zero-order valence-corrected chi connectivity index (χ0v) is 12.2. The van der Waals surface area contributed by atoms with Gasteiger partial charge in [0.05, 0.1) is 13.2 Å². The van der Waals surface area contributed by atoms with Crippen LogP contribution in [0, 0.1) is 6.92 Å². The minimum Gasteiger partial charge on any atom is -0.378 e. The van der Waals surface area contributed by atoms with E-state index in [1.165, 1.54) is 11.1 Å². The van der Waals surface area contributed by atoms with Gasteiger partial charge in [-0.05, 0) is 30.5 Å². The average Bonchev–Trinajstić information content (AvgIpc) is 2.41. The lowest BCUT2D eigenvalue weighted by Crippen LogP contribution is -2.40. The van der Waals surface area contributed by atoms with Crippen molar-refractivity contribution in [3.05, 3.63) is 33.8 Å². The van der Waals surface area contributed by atoms with Gasteiger partial charge in [-0.15, -0.1) is 0 Å². The lowest BCUT2D eigenvalue weighted by atomic mass is 10.1. The smallest absolute Gasteiger partial charge is 0.223 e. The molecule has 0 saturated carbocycles. The maximum atomic E-state index is 12.0. The number of hydrogen-bond acceptors (Lipinski definition) is 2. The largest absolute Gasteiger partial charge is 0.378 e. The first kappa shape index (κ1) is 13.6. The standard InChI is InChI=1S/C14H18BrNO2/c1-11-10-12(2-4-13(11)15)3-5-14(17)16-6-8-18-9-7-16/h2,4,10H,3,5-9H2,1H3. The molecule has 0 N–H and O–H groups in total. The molecule has 1 aromatic carbocycles. The number of halogens is 1. The van der Waals surface area contributed by atoms with E-state index in [2.05, 4.69) is 35.0 Å². The summed E-state index contributed by atoms with van der Waals surface area (Å²) in [5.74, 6) is 0.235. The maximum Gasteiger partial charge on any atom is 0.223 e. The van der Waals surface area contributed by atoms with Crippen LogP contribution in [0.3, 0.4) is 0 Å². The van der Waals surface area contributed by atoms with E-state index in [0.717, 1.165) is 24.0 Å². The van der Waals surface area contributed by atoms with Crippen molar-refractivity contribution in [1.29, 1.82) is 0 Å². The summed E-state index contributed by atoms with van der Waals surface area (Å²) in [7, 11) is 0. The van der Waals surface area contributed by atoms with E-state index in [-0.39, 0.29) is 5.91 Å². The zero-order valence-electron chi connectivity index (χ0n) is 10.6. The highest BCUT2D eigenvalue weighted by Gasteiger charge is 2.16. The Bertz CT molecular complexity index is 428. The van der Waals surface area contributed by atoms with Gasteiger partial charge in [-0.3, -0.25) is 4.79 Å². The van der Waals surface area contributed by atoms with Crippen LogP contribution < -0.4 is 0 Å². The summed E-state index contributed by atoms with van der Waals surface area (Å²) < 4.78 is 6.36. The molecule has 1 fully saturated rings. The van der Waals surface area contributed by atoms with Gasteiger partial charge in [0.25, 0.3) is 0 Å². The van der Waals surface area contributed by atoms with E-state index in [1.807, 2.05) is 11.0 Å². The SMILES string of the molecule is Cc1cc(CCC(=O)N2CCOCC2)ccc1Br. The monoisotopic (exact) mass is 311 g/mol. The van der Waals surface area contributed by atoms with Crippen molar-refractivity contribution in [3.63, 3.8) is 0 Å². The van der Waals surface area contributed by atoms with Gasteiger partial charge in [0.15, 0.2) is 0 Å². The second-order valence-electron chi connectivity index (χ2n) is 4.58. The molecule has 1 aliphatic heterocycles. The fourth-order valence-corrected chi connectivity index (χ4v) is 2.33. The fourth-order valence-electron chi connectivity index (χ4n) is 2.08. The predicted octanol–water partition coefficient (Wildman–Crippen LogP) is 2.55. The Kier molecular flexibility index (Phi) is 4.78. The molecule has 0 aromatic heterocycles. The molecule has 3 nitrogen and oxygen atoms in total. The number of rotatable bonds is 3. The Morgan fingerprint density at radius 3 is 2.78 bits per heavy atom. The third-order valence-corrected chi connectivity index (χ3v) is 4.10. The normalized spacial score (nSPS) is 15.8. The zero-order chi connectivity index (χ0) is 13.0. The van der Waals surface area contributed by atoms with E-state index in [9.17, 15) is 4.79 Å². The summed E-state index contributed by atoms with van der Waals surface area (Å²) in [6, 6.07) is 6.25. The second kappa shape index (κ2) is 6.34. The van der Waals surface area contributed by atoms with Gasteiger partial charge < -0.3 is 9.64 Å². The van der Waals surface area contributed by atoms with Crippen molar-refractivity contribution in [3.8, 4) is 0 Å². The molecule has 0 aliphatic carbocycles. The van der Waals surface area contributed by atoms with Crippen LogP contribution in [0.25, 0.3) is 0 Å². The van der Waals surface area contributed by atoms with Gasteiger partial charge in [0.1, 0.15) is 0 Å². The van der Waals surface area contributed by atoms with Gasteiger partial charge >= 0.3 is 0 Å². The molecule has 0 bridgehead atoms. The van der Waals surface area contributed by atoms with E-state index < -0.39 is 0 Å². The molecule has 98 valence electrons. The predicted molar refractivity (Wildman–Crippen MR) is 74.6 cm³/mol. The molecule has 0 spiro atoms. The Labute approximate surface area is 116 Å². The van der Waals surface area contributed by atoms with Crippen LogP contribution >= 0.6 is 15.9 Å². The van der Waals surface area contributed by atoms with E-state index in [0.29, 0.717) is 19.6 Å². The number of ether oxygens (including phenoxy) is 1. The molecule has 1 saturated heterocycles. The van der Waals surface area contributed by atoms with E-state index >= 15 is 0 Å². The molecular weight excluding hydrogens is 294 g/mol. The summed E-state index contributed by atoms with van der Waals surface area (Å²) in [5, 5.41) is 0. The van der Waals surface area contributed by atoms with Crippen LogP contribution in [0.15, 0.2) is 22.7 Å². The Hall–Kier alpha value is -0.870. The van der Waals surface area contributed by atoms with Crippen molar-refractivity contribution in [2.45, 2.75) is 19.8 Å². The first-order valence-corrected chi connectivity index (χ1v) is 7.06. The molecule has 0 unspecified atom stereocenters. The maximum absolute atomic E-state index is 12.0. The Morgan fingerprint density at radius 2 is 2.11 bits per heavy atom. The third kappa shape index (κ3) is 3.56. The van der Waals surface area contributed by atoms with Crippen LogP contribution in [-0.2, 0) is 16.0 Å². The summed E-state index contributed by atoms with van der Waals surface area (Å²) in [5.41, 5.74) is 2.43.